The van der Waals surface area contributed by atoms with E-state index in [9.17, 15) is 19.7 Å². The molecule has 9 nitrogen and oxygen atoms in total. The number of nitrogens with one attached hydrogen (secondary N) is 2. The van der Waals surface area contributed by atoms with E-state index < -0.39 is 16.9 Å². The topological polar surface area (TPSA) is 131 Å². The molecule has 1 aliphatic heterocycles. The van der Waals surface area contributed by atoms with Crippen molar-refractivity contribution in [2.75, 3.05) is 24.4 Å². The molecule has 1 aromatic rings. The van der Waals surface area contributed by atoms with Gasteiger partial charge in [-0.25, -0.2) is 4.79 Å². The Hall–Kier alpha value is -2.68. The summed E-state index contributed by atoms with van der Waals surface area (Å²) in [5, 5.41) is 25.3. The number of fused-ring (bicyclic) bond motifs is 1. The van der Waals surface area contributed by atoms with Gasteiger partial charge in [0.2, 0.25) is 5.91 Å². The van der Waals surface area contributed by atoms with Crippen molar-refractivity contribution in [3.8, 4) is 0 Å². The molecule has 1 unspecified atom stereocenters. The number of aliphatic carboxylic acids is 1. The standard InChI is InChI=1S/C12H13N3O6/c1-21-5-9(12(17)18)13-8-4-7-6(3-11(16)14-7)2-10(8)15(19)20/h2,4,9,13H,3,5H2,1H3,(H,14,16)(H,17,18). The zero-order valence-electron chi connectivity index (χ0n) is 11.1. The number of rotatable bonds is 6. The summed E-state index contributed by atoms with van der Waals surface area (Å²) in [6.07, 6.45) is 0.0664. The van der Waals surface area contributed by atoms with E-state index in [4.69, 9.17) is 9.84 Å². The summed E-state index contributed by atoms with van der Waals surface area (Å²) in [6, 6.07) is 1.49. The number of hydrogen-bond acceptors (Lipinski definition) is 6. The van der Waals surface area contributed by atoms with Gasteiger partial charge in [0.25, 0.3) is 5.69 Å². The maximum Gasteiger partial charge on any atom is 0.328 e. The van der Waals surface area contributed by atoms with Crippen LogP contribution in [-0.4, -0.2) is 41.7 Å². The molecule has 1 aliphatic rings. The Morgan fingerprint density at radius 1 is 1.62 bits per heavy atom. The fraction of sp³-hybridized carbons (Fsp3) is 0.333. The van der Waals surface area contributed by atoms with E-state index in [1.165, 1.54) is 19.2 Å². The lowest BCUT2D eigenvalue weighted by Crippen LogP contribution is -2.33. The van der Waals surface area contributed by atoms with Gasteiger partial charge in [-0.15, -0.1) is 0 Å². The molecule has 1 heterocycles. The number of nitrogens with zero attached hydrogens (tertiary/aromatic N) is 1. The maximum atomic E-state index is 11.3. The summed E-state index contributed by atoms with van der Waals surface area (Å²) >= 11 is 0. The predicted molar refractivity (Wildman–Crippen MR) is 72.4 cm³/mol. The second-order valence-electron chi connectivity index (χ2n) is 4.50. The van der Waals surface area contributed by atoms with Crippen LogP contribution in [-0.2, 0) is 20.7 Å². The lowest BCUT2D eigenvalue weighted by Gasteiger charge is -2.15. The van der Waals surface area contributed by atoms with Crippen molar-refractivity contribution < 1.29 is 24.4 Å². The molecule has 3 N–H and O–H groups in total. The van der Waals surface area contributed by atoms with Crippen LogP contribution >= 0.6 is 0 Å². The van der Waals surface area contributed by atoms with Gasteiger partial charge in [0.15, 0.2) is 0 Å². The van der Waals surface area contributed by atoms with Crippen LogP contribution in [0.4, 0.5) is 17.1 Å². The first-order valence-electron chi connectivity index (χ1n) is 6.01. The molecular formula is C12H13N3O6. The number of methoxy groups -OCH3 is 1. The van der Waals surface area contributed by atoms with Crippen molar-refractivity contribution in [1.29, 1.82) is 0 Å². The summed E-state index contributed by atoms with van der Waals surface area (Å²) in [5.41, 5.74) is 0.684. The largest absolute Gasteiger partial charge is 0.480 e. The minimum atomic E-state index is -1.20. The summed E-state index contributed by atoms with van der Waals surface area (Å²) in [7, 11) is 1.33. The highest BCUT2D eigenvalue weighted by molar-refractivity contribution is 6.00. The molecule has 0 aliphatic carbocycles. The number of carboxylic acids is 1. The highest BCUT2D eigenvalue weighted by Crippen LogP contribution is 2.34. The smallest absolute Gasteiger partial charge is 0.328 e. The molecular weight excluding hydrogens is 282 g/mol. The number of hydrogen-bond donors (Lipinski definition) is 3. The zero-order chi connectivity index (χ0) is 15.6. The van der Waals surface area contributed by atoms with Gasteiger partial charge in [0.05, 0.1) is 18.0 Å². The SMILES string of the molecule is COCC(Nc1cc2c(cc1[N+](=O)[O-])CC(=O)N2)C(=O)O. The third-order valence-electron chi connectivity index (χ3n) is 3.00. The maximum absolute atomic E-state index is 11.3. The first-order chi connectivity index (χ1) is 9.92. The average Bonchev–Trinajstić information content (AvgIpc) is 2.76. The van der Waals surface area contributed by atoms with Gasteiger partial charge >= 0.3 is 5.97 Å². The van der Waals surface area contributed by atoms with E-state index in [0.717, 1.165) is 0 Å². The number of nitro groups is 1. The molecule has 2 rings (SSSR count). The minimum absolute atomic E-state index is 0.0189. The molecule has 0 spiro atoms. The number of benzene rings is 1. The van der Waals surface area contributed by atoms with Gasteiger partial charge in [-0.05, 0) is 11.6 Å². The van der Waals surface area contributed by atoms with Gasteiger partial charge < -0.3 is 20.5 Å². The Bertz CT molecular complexity index is 615. The number of ether oxygens (including phenoxy) is 1. The normalized spacial score (nSPS) is 14.2. The average molecular weight is 295 g/mol. The van der Waals surface area contributed by atoms with Crippen LogP contribution in [0.2, 0.25) is 0 Å². The second-order valence-corrected chi connectivity index (χ2v) is 4.50. The summed E-state index contributed by atoms with van der Waals surface area (Å²) < 4.78 is 4.76. The number of carbonyl (C=O) groups excluding carboxylic acids is 1. The van der Waals surface area contributed by atoms with Crippen LogP contribution in [0.5, 0.6) is 0 Å². The predicted octanol–water partition coefficient (Wildman–Crippen LogP) is 0.601. The third-order valence-corrected chi connectivity index (χ3v) is 3.00. The van der Waals surface area contributed by atoms with E-state index in [2.05, 4.69) is 10.6 Å². The molecule has 1 atom stereocenters. The Labute approximate surface area is 119 Å². The van der Waals surface area contributed by atoms with Crippen LogP contribution in [0, 0.1) is 10.1 Å². The van der Waals surface area contributed by atoms with Gasteiger partial charge in [-0.3, -0.25) is 14.9 Å². The molecule has 0 fully saturated rings. The number of anilines is 2. The van der Waals surface area contributed by atoms with E-state index in [1.54, 1.807) is 0 Å². The van der Waals surface area contributed by atoms with E-state index in [-0.39, 0.29) is 30.3 Å². The van der Waals surface area contributed by atoms with Gasteiger partial charge in [0.1, 0.15) is 11.7 Å². The Balaban J connectivity index is 2.38. The molecule has 1 aromatic carbocycles. The minimum Gasteiger partial charge on any atom is -0.480 e. The number of amides is 1. The Morgan fingerprint density at radius 3 is 2.90 bits per heavy atom. The fourth-order valence-corrected chi connectivity index (χ4v) is 2.06. The monoisotopic (exact) mass is 295 g/mol. The van der Waals surface area contributed by atoms with Crippen LogP contribution in [0.25, 0.3) is 0 Å². The zero-order valence-corrected chi connectivity index (χ0v) is 11.1. The van der Waals surface area contributed by atoms with Crippen molar-refractivity contribution in [2.24, 2.45) is 0 Å². The summed E-state index contributed by atoms with van der Waals surface area (Å²) in [4.78, 5) is 32.9. The highest BCUT2D eigenvalue weighted by atomic mass is 16.6. The van der Waals surface area contributed by atoms with Crippen molar-refractivity contribution in [3.05, 3.63) is 27.8 Å². The lowest BCUT2D eigenvalue weighted by molar-refractivity contribution is -0.384. The molecule has 9 heteroatoms. The molecule has 0 saturated heterocycles. The van der Waals surface area contributed by atoms with Crippen molar-refractivity contribution in [2.45, 2.75) is 12.5 Å². The highest BCUT2D eigenvalue weighted by Gasteiger charge is 2.27. The molecule has 0 radical (unpaired) electrons. The first-order valence-corrected chi connectivity index (χ1v) is 6.01. The summed E-state index contributed by atoms with van der Waals surface area (Å²) in [6.45, 7) is -0.157. The molecule has 0 aromatic heterocycles. The molecule has 1 amide bonds. The summed E-state index contributed by atoms with van der Waals surface area (Å²) in [5.74, 6) is -1.46. The van der Waals surface area contributed by atoms with E-state index >= 15 is 0 Å². The molecule has 0 saturated carbocycles. The molecule has 0 bridgehead atoms. The van der Waals surface area contributed by atoms with Gasteiger partial charge in [-0.1, -0.05) is 0 Å². The van der Waals surface area contributed by atoms with Crippen molar-refractivity contribution >= 4 is 28.9 Å². The van der Waals surface area contributed by atoms with Crippen LogP contribution in [0.3, 0.4) is 0 Å². The Morgan fingerprint density at radius 2 is 2.33 bits per heavy atom. The molecule has 21 heavy (non-hydrogen) atoms. The quantitative estimate of drug-likeness (QED) is 0.517. The van der Waals surface area contributed by atoms with E-state index in [1.807, 2.05) is 0 Å². The van der Waals surface area contributed by atoms with Crippen molar-refractivity contribution in [3.63, 3.8) is 0 Å². The number of carbonyl (C=O) groups is 2. The Kier molecular flexibility index (Phi) is 4.03. The van der Waals surface area contributed by atoms with Crippen LogP contribution in [0.15, 0.2) is 12.1 Å². The van der Waals surface area contributed by atoms with Gasteiger partial charge in [-0.2, -0.15) is 0 Å². The van der Waals surface area contributed by atoms with Gasteiger partial charge in [0, 0.05) is 18.9 Å². The fourth-order valence-electron chi connectivity index (χ4n) is 2.06. The van der Waals surface area contributed by atoms with Crippen LogP contribution < -0.4 is 10.6 Å². The number of nitro benzene ring substituents is 1. The third kappa shape index (κ3) is 3.08. The second kappa shape index (κ2) is 5.75. The first kappa shape index (κ1) is 14.7. The van der Waals surface area contributed by atoms with Crippen molar-refractivity contribution in [1.82, 2.24) is 0 Å². The lowest BCUT2D eigenvalue weighted by atomic mass is 10.1. The molecule has 112 valence electrons. The number of carboxylic acid groups (broad SMARTS) is 1. The van der Waals surface area contributed by atoms with E-state index in [0.29, 0.717) is 11.3 Å². The van der Waals surface area contributed by atoms with Crippen LogP contribution in [0.1, 0.15) is 5.56 Å².